The predicted molar refractivity (Wildman–Crippen MR) is 41.7 cm³/mol. The van der Waals surface area contributed by atoms with Gasteiger partial charge in [0.2, 0.25) is 0 Å². The van der Waals surface area contributed by atoms with Crippen molar-refractivity contribution in [2.24, 2.45) is 7.05 Å². The quantitative estimate of drug-likeness (QED) is 0.575. The Bertz CT molecular complexity index is 341. The maximum absolute atomic E-state index is 11.1. The molecule has 4 nitrogen and oxygen atoms in total. The van der Waals surface area contributed by atoms with Gasteiger partial charge in [-0.2, -0.15) is 5.10 Å². The van der Waals surface area contributed by atoms with E-state index < -0.39 is 0 Å². The lowest BCUT2D eigenvalue weighted by Gasteiger charge is -1.93. The minimum Gasteiger partial charge on any atom is -0.370 e. The smallest absolute Gasteiger partial charge is 0.180 e. The van der Waals surface area contributed by atoms with E-state index in [0.717, 1.165) is 11.3 Å². The van der Waals surface area contributed by atoms with Gasteiger partial charge >= 0.3 is 0 Å². The Hall–Kier alpha value is -1.16. The molecule has 0 aliphatic carbocycles. The third-order valence-corrected chi connectivity index (χ3v) is 2.09. The number of aryl methyl sites for hydroxylation is 1. The van der Waals surface area contributed by atoms with Crippen molar-refractivity contribution < 1.29 is 9.53 Å². The van der Waals surface area contributed by atoms with Crippen molar-refractivity contribution in [2.75, 3.05) is 0 Å². The zero-order valence-electron chi connectivity index (χ0n) is 7.13. The number of nitrogens with zero attached hydrogens (tertiary/aromatic N) is 2. The van der Waals surface area contributed by atoms with Crippen LogP contribution >= 0.6 is 0 Å². The van der Waals surface area contributed by atoms with E-state index in [-0.39, 0.29) is 5.78 Å². The first kappa shape index (κ1) is 7.49. The van der Waals surface area contributed by atoms with E-state index in [1.165, 1.54) is 6.92 Å². The van der Waals surface area contributed by atoms with Crippen LogP contribution in [0.15, 0.2) is 0 Å². The van der Waals surface area contributed by atoms with Gasteiger partial charge in [-0.3, -0.25) is 9.48 Å². The zero-order valence-corrected chi connectivity index (χ0v) is 7.13. The Morgan fingerprint density at radius 3 is 3.00 bits per heavy atom. The molecule has 0 atom stereocenters. The topological polar surface area (TPSA) is 44.1 Å². The third-order valence-electron chi connectivity index (χ3n) is 2.09. The molecular weight excluding hydrogens is 156 g/mol. The summed E-state index contributed by atoms with van der Waals surface area (Å²) in [7, 11) is 1.83. The lowest BCUT2D eigenvalue weighted by Crippen LogP contribution is -2.00. The lowest BCUT2D eigenvalue weighted by atomic mass is 10.2. The van der Waals surface area contributed by atoms with Crippen LogP contribution in [0, 0.1) is 0 Å². The summed E-state index contributed by atoms with van der Waals surface area (Å²) in [6, 6.07) is 0. The summed E-state index contributed by atoms with van der Waals surface area (Å²) in [5, 5.41) is 4.12. The predicted octanol–water partition coefficient (Wildman–Crippen LogP) is 0.653. The molecule has 0 radical (unpaired) electrons. The molecule has 0 amide bonds. The zero-order chi connectivity index (χ0) is 8.72. The maximum atomic E-state index is 11.1. The Balaban J connectivity index is 2.58. The number of rotatable bonds is 1. The van der Waals surface area contributed by atoms with Crippen LogP contribution in [0.3, 0.4) is 0 Å². The van der Waals surface area contributed by atoms with Gasteiger partial charge in [0.25, 0.3) is 0 Å². The van der Waals surface area contributed by atoms with E-state index in [9.17, 15) is 4.79 Å². The van der Waals surface area contributed by atoms with E-state index in [4.69, 9.17) is 4.74 Å². The Morgan fingerprint density at radius 1 is 1.58 bits per heavy atom. The number of fused-ring (bicyclic) bond motifs is 1. The molecule has 0 spiro atoms. The van der Waals surface area contributed by atoms with Crippen LogP contribution in [0.25, 0.3) is 0 Å². The number of ketones is 1. The van der Waals surface area contributed by atoms with E-state index in [1.54, 1.807) is 4.68 Å². The minimum absolute atomic E-state index is 0.0114. The van der Waals surface area contributed by atoms with Crippen molar-refractivity contribution in [3.8, 4) is 0 Å². The average Bonchev–Trinajstić information content (AvgIpc) is 2.53. The molecule has 4 heteroatoms. The Kier molecular flexibility index (Phi) is 1.51. The SMILES string of the molecule is CC(=O)c1nn(C)c2c1COC2. The molecule has 64 valence electrons. The van der Waals surface area contributed by atoms with Crippen LogP contribution in [-0.2, 0) is 25.0 Å². The number of ether oxygens (including phenoxy) is 1. The number of aromatic nitrogens is 2. The van der Waals surface area contributed by atoms with Gasteiger partial charge in [0, 0.05) is 19.5 Å². The molecule has 0 saturated heterocycles. The Morgan fingerprint density at radius 2 is 2.33 bits per heavy atom. The van der Waals surface area contributed by atoms with Gasteiger partial charge < -0.3 is 4.74 Å². The van der Waals surface area contributed by atoms with E-state index in [2.05, 4.69) is 5.10 Å². The van der Waals surface area contributed by atoms with Crippen LogP contribution in [0.5, 0.6) is 0 Å². The molecule has 1 aliphatic rings. The van der Waals surface area contributed by atoms with Crippen LogP contribution in [0.1, 0.15) is 28.7 Å². The van der Waals surface area contributed by atoms with Crippen LogP contribution < -0.4 is 0 Å². The summed E-state index contributed by atoms with van der Waals surface area (Å²) in [6.45, 7) is 2.63. The highest BCUT2D eigenvalue weighted by Gasteiger charge is 2.23. The minimum atomic E-state index is 0.0114. The number of hydrogen-bond acceptors (Lipinski definition) is 3. The van der Waals surface area contributed by atoms with Crippen molar-refractivity contribution in [3.05, 3.63) is 17.0 Å². The number of Topliss-reactive ketones (excluding diaryl/α,β-unsaturated/α-hetero) is 1. The molecular formula is C8H10N2O2. The van der Waals surface area contributed by atoms with Gasteiger partial charge in [0.05, 0.1) is 18.9 Å². The highest BCUT2D eigenvalue weighted by atomic mass is 16.5. The monoisotopic (exact) mass is 166 g/mol. The molecule has 0 fully saturated rings. The number of carbonyl (C=O) groups excluding carboxylic acids is 1. The molecule has 1 aliphatic heterocycles. The second-order valence-electron chi connectivity index (χ2n) is 2.95. The fourth-order valence-electron chi connectivity index (χ4n) is 1.47. The summed E-state index contributed by atoms with van der Waals surface area (Å²) < 4.78 is 6.93. The molecule has 12 heavy (non-hydrogen) atoms. The summed E-state index contributed by atoms with van der Waals surface area (Å²) in [6.07, 6.45) is 0. The summed E-state index contributed by atoms with van der Waals surface area (Å²) in [5.41, 5.74) is 2.55. The highest BCUT2D eigenvalue weighted by Crippen LogP contribution is 2.22. The van der Waals surface area contributed by atoms with Gasteiger partial charge in [-0.15, -0.1) is 0 Å². The molecule has 1 aromatic heterocycles. The molecule has 0 saturated carbocycles. The van der Waals surface area contributed by atoms with Crippen molar-refractivity contribution in [1.29, 1.82) is 0 Å². The second kappa shape index (κ2) is 2.42. The summed E-state index contributed by atoms with van der Waals surface area (Å²) in [5.74, 6) is 0.0114. The van der Waals surface area contributed by atoms with Crippen molar-refractivity contribution in [3.63, 3.8) is 0 Å². The molecule has 0 aromatic carbocycles. The van der Waals surface area contributed by atoms with Crippen LogP contribution in [-0.4, -0.2) is 15.6 Å². The fourth-order valence-corrected chi connectivity index (χ4v) is 1.47. The first-order chi connectivity index (χ1) is 5.70. The van der Waals surface area contributed by atoms with Crippen molar-refractivity contribution in [1.82, 2.24) is 9.78 Å². The number of hydrogen-bond donors (Lipinski definition) is 0. The summed E-state index contributed by atoms with van der Waals surface area (Å²) in [4.78, 5) is 11.1. The normalized spacial score (nSPS) is 14.8. The standard InChI is InChI=1S/C8H10N2O2/c1-5(11)8-6-3-12-4-7(6)10(2)9-8/h3-4H2,1-2H3. The molecule has 0 N–H and O–H groups in total. The molecule has 2 rings (SSSR count). The maximum Gasteiger partial charge on any atom is 0.180 e. The van der Waals surface area contributed by atoms with Gasteiger partial charge in [0.1, 0.15) is 5.69 Å². The van der Waals surface area contributed by atoms with Crippen LogP contribution in [0.4, 0.5) is 0 Å². The molecule has 2 heterocycles. The highest BCUT2D eigenvalue weighted by molar-refractivity contribution is 5.93. The van der Waals surface area contributed by atoms with Gasteiger partial charge in [-0.1, -0.05) is 0 Å². The molecule has 0 unspecified atom stereocenters. The van der Waals surface area contributed by atoms with E-state index in [0.29, 0.717) is 18.9 Å². The Labute approximate surface area is 70.1 Å². The van der Waals surface area contributed by atoms with Gasteiger partial charge in [0.15, 0.2) is 5.78 Å². The number of carbonyl (C=O) groups is 1. The third kappa shape index (κ3) is 0.881. The van der Waals surface area contributed by atoms with E-state index in [1.807, 2.05) is 7.05 Å². The molecule has 0 bridgehead atoms. The van der Waals surface area contributed by atoms with E-state index >= 15 is 0 Å². The van der Waals surface area contributed by atoms with Crippen LogP contribution in [0.2, 0.25) is 0 Å². The molecule has 1 aromatic rings. The van der Waals surface area contributed by atoms with Crippen molar-refractivity contribution in [2.45, 2.75) is 20.1 Å². The largest absolute Gasteiger partial charge is 0.370 e. The fraction of sp³-hybridized carbons (Fsp3) is 0.500. The average molecular weight is 166 g/mol. The lowest BCUT2D eigenvalue weighted by molar-refractivity contribution is 0.0997. The van der Waals surface area contributed by atoms with Gasteiger partial charge in [-0.25, -0.2) is 0 Å². The summed E-state index contributed by atoms with van der Waals surface area (Å²) >= 11 is 0. The van der Waals surface area contributed by atoms with Crippen molar-refractivity contribution >= 4 is 5.78 Å². The first-order valence-corrected chi connectivity index (χ1v) is 3.83. The van der Waals surface area contributed by atoms with Gasteiger partial charge in [-0.05, 0) is 0 Å². The first-order valence-electron chi connectivity index (χ1n) is 3.83. The second-order valence-corrected chi connectivity index (χ2v) is 2.95.